The van der Waals surface area contributed by atoms with Crippen LogP contribution in [-0.2, 0) is 18.4 Å². The SMILES string of the molecule is C[C@H](NC(=O)c1c2cc(OCc3ccccn3)ccc2nn1C)C(N)=O. The van der Waals surface area contributed by atoms with Crippen LogP contribution in [0.3, 0.4) is 0 Å². The predicted octanol–water partition coefficient (Wildman–Crippen LogP) is 1.15. The van der Waals surface area contributed by atoms with Crippen molar-refractivity contribution >= 4 is 22.7 Å². The van der Waals surface area contributed by atoms with Crippen molar-refractivity contribution in [3.05, 3.63) is 54.0 Å². The van der Waals surface area contributed by atoms with E-state index in [1.54, 1.807) is 31.4 Å². The average Bonchev–Trinajstić information content (AvgIpc) is 2.95. The molecule has 0 saturated heterocycles. The molecule has 0 radical (unpaired) electrons. The van der Waals surface area contributed by atoms with Gasteiger partial charge in [0.2, 0.25) is 5.91 Å². The number of benzene rings is 1. The molecular formula is C18H19N5O3. The molecule has 0 saturated carbocycles. The minimum Gasteiger partial charge on any atom is -0.487 e. The molecular weight excluding hydrogens is 334 g/mol. The van der Waals surface area contributed by atoms with E-state index in [2.05, 4.69) is 15.4 Å². The molecule has 0 bridgehead atoms. The molecule has 0 aliphatic heterocycles. The van der Waals surface area contributed by atoms with Crippen LogP contribution in [0.2, 0.25) is 0 Å². The lowest BCUT2D eigenvalue weighted by atomic mass is 10.2. The number of hydrogen-bond donors (Lipinski definition) is 2. The topological polar surface area (TPSA) is 112 Å². The van der Waals surface area contributed by atoms with Gasteiger partial charge in [0.1, 0.15) is 24.1 Å². The number of hydrogen-bond acceptors (Lipinski definition) is 5. The van der Waals surface area contributed by atoms with Gasteiger partial charge in [-0.15, -0.1) is 0 Å². The maximum atomic E-state index is 12.5. The highest BCUT2D eigenvalue weighted by molar-refractivity contribution is 6.06. The Morgan fingerprint density at radius 2 is 2.12 bits per heavy atom. The van der Waals surface area contributed by atoms with Gasteiger partial charge in [-0.1, -0.05) is 6.07 Å². The molecule has 0 aliphatic rings. The van der Waals surface area contributed by atoms with Gasteiger partial charge in [-0.05, 0) is 37.3 Å². The van der Waals surface area contributed by atoms with Crippen molar-refractivity contribution in [1.82, 2.24) is 20.1 Å². The van der Waals surface area contributed by atoms with Gasteiger partial charge in [-0.25, -0.2) is 0 Å². The highest BCUT2D eigenvalue weighted by Crippen LogP contribution is 2.24. The summed E-state index contributed by atoms with van der Waals surface area (Å²) in [5.41, 5.74) is 6.98. The van der Waals surface area contributed by atoms with E-state index >= 15 is 0 Å². The lowest BCUT2D eigenvalue weighted by Gasteiger charge is -2.10. The van der Waals surface area contributed by atoms with Crippen molar-refractivity contribution in [3.8, 4) is 5.75 Å². The van der Waals surface area contributed by atoms with Crippen LogP contribution in [0, 0.1) is 0 Å². The largest absolute Gasteiger partial charge is 0.487 e. The minimum absolute atomic E-state index is 0.312. The van der Waals surface area contributed by atoms with Crippen LogP contribution in [0.1, 0.15) is 23.1 Å². The van der Waals surface area contributed by atoms with Gasteiger partial charge in [0.25, 0.3) is 5.91 Å². The predicted molar refractivity (Wildman–Crippen MR) is 95.4 cm³/mol. The smallest absolute Gasteiger partial charge is 0.270 e. The van der Waals surface area contributed by atoms with Crippen LogP contribution in [0.15, 0.2) is 42.6 Å². The second-order valence-corrected chi connectivity index (χ2v) is 5.86. The number of aromatic nitrogens is 3. The van der Waals surface area contributed by atoms with E-state index in [0.717, 1.165) is 5.69 Å². The Balaban J connectivity index is 1.86. The number of amides is 2. The number of nitrogens with zero attached hydrogens (tertiary/aromatic N) is 3. The maximum Gasteiger partial charge on any atom is 0.270 e. The maximum absolute atomic E-state index is 12.5. The Morgan fingerprint density at radius 1 is 1.31 bits per heavy atom. The molecule has 2 amide bonds. The number of ether oxygens (including phenoxy) is 1. The summed E-state index contributed by atoms with van der Waals surface area (Å²) in [6, 6.07) is 10.1. The zero-order valence-corrected chi connectivity index (χ0v) is 14.5. The summed E-state index contributed by atoms with van der Waals surface area (Å²) in [7, 11) is 1.66. The lowest BCUT2D eigenvalue weighted by Crippen LogP contribution is -2.42. The molecule has 1 aromatic carbocycles. The third-order valence-corrected chi connectivity index (χ3v) is 3.91. The quantitative estimate of drug-likeness (QED) is 0.690. The Labute approximate surface area is 150 Å². The second-order valence-electron chi connectivity index (χ2n) is 5.86. The summed E-state index contributed by atoms with van der Waals surface area (Å²) in [5, 5.41) is 7.51. The fourth-order valence-electron chi connectivity index (χ4n) is 2.51. The summed E-state index contributed by atoms with van der Waals surface area (Å²) >= 11 is 0. The highest BCUT2D eigenvalue weighted by Gasteiger charge is 2.20. The molecule has 2 heterocycles. The van der Waals surface area contributed by atoms with Crippen molar-refractivity contribution in [1.29, 1.82) is 0 Å². The average molecular weight is 353 g/mol. The molecule has 8 heteroatoms. The second kappa shape index (κ2) is 7.22. The molecule has 0 unspecified atom stereocenters. The van der Waals surface area contributed by atoms with Crippen LogP contribution in [0.25, 0.3) is 10.9 Å². The van der Waals surface area contributed by atoms with E-state index in [1.807, 2.05) is 18.2 Å². The zero-order valence-electron chi connectivity index (χ0n) is 14.5. The van der Waals surface area contributed by atoms with Gasteiger partial charge in [-0.3, -0.25) is 19.3 Å². The number of carbonyl (C=O) groups excluding carboxylic acids is 2. The summed E-state index contributed by atoms with van der Waals surface area (Å²) in [5.74, 6) is -0.444. The Bertz CT molecular complexity index is 952. The molecule has 3 rings (SSSR count). The fraction of sp³-hybridized carbons (Fsp3) is 0.222. The number of primary amides is 1. The molecule has 134 valence electrons. The van der Waals surface area contributed by atoms with E-state index < -0.39 is 17.9 Å². The van der Waals surface area contributed by atoms with Crippen molar-refractivity contribution in [2.75, 3.05) is 0 Å². The third-order valence-electron chi connectivity index (χ3n) is 3.91. The first-order chi connectivity index (χ1) is 12.5. The van der Waals surface area contributed by atoms with E-state index in [0.29, 0.717) is 29.0 Å². The van der Waals surface area contributed by atoms with Crippen molar-refractivity contribution in [3.63, 3.8) is 0 Å². The minimum atomic E-state index is -0.781. The molecule has 0 fully saturated rings. The number of aryl methyl sites for hydroxylation is 1. The lowest BCUT2D eigenvalue weighted by molar-refractivity contribution is -0.119. The third kappa shape index (κ3) is 3.64. The first-order valence-corrected chi connectivity index (χ1v) is 8.05. The van der Waals surface area contributed by atoms with Gasteiger partial charge in [0.15, 0.2) is 0 Å². The van der Waals surface area contributed by atoms with Crippen LogP contribution in [-0.4, -0.2) is 32.6 Å². The highest BCUT2D eigenvalue weighted by atomic mass is 16.5. The normalized spacial score (nSPS) is 11.9. The van der Waals surface area contributed by atoms with Crippen LogP contribution in [0.5, 0.6) is 5.75 Å². The Hall–Kier alpha value is -3.42. The van der Waals surface area contributed by atoms with Crippen molar-refractivity contribution in [2.24, 2.45) is 12.8 Å². The molecule has 0 aliphatic carbocycles. The number of nitrogens with one attached hydrogen (secondary N) is 1. The summed E-state index contributed by atoms with van der Waals surface area (Å²) in [4.78, 5) is 27.9. The Morgan fingerprint density at radius 3 is 2.81 bits per heavy atom. The molecule has 3 N–H and O–H groups in total. The summed E-state index contributed by atoms with van der Waals surface area (Å²) in [6.07, 6.45) is 1.70. The van der Waals surface area contributed by atoms with Gasteiger partial charge >= 0.3 is 0 Å². The number of pyridine rings is 1. The van der Waals surface area contributed by atoms with Crippen LogP contribution < -0.4 is 15.8 Å². The number of fused-ring (bicyclic) bond motifs is 1. The molecule has 0 spiro atoms. The summed E-state index contributed by atoms with van der Waals surface area (Å²) in [6.45, 7) is 1.84. The summed E-state index contributed by atoms with van der Waals surface area (Å²) < 4.78 is 7.23. The standard InChI is InChI=1S/C18H19N5O3/c1-11(17(19)24)21-18(25)16-14-9-13(6-7-15(14)22-23(16)2)26-10-12-5-3-4-8-20-12/h3-9,11H,10H2,1-2H3,(H2,19,24)(H,21,25)/t11-/m0/s1. The monoisotopic (exact) mass is 353 g/mol. The van der Waals surface area contributed by atoms with E-state index in [-0.39, 0.29) is 0 Å². The van der Waals surface area contributed by atoms with E-state index in [1.165, 1.54) is 11.6 Å². The number of carbonyl (C=O) groups is 2. The van der Waals surface area contributed by atoms with Crippen molar-refractivity contribution < 1.29 is 14.3 Å². The number of nitrogens with two attached hydrogens (primary N) is 1. The van der Waals surface area contributed by atoms with E-state index in [9.17, 15) is 9.59 Å². The van der Waals surface area contributed by atoms with Gasteiger partial charge in [-0.2, -0.15) is 5.10 Å². The first kappa shape index (κ1) is 17.4. The van der Waals surface area contributed by atoms with Gasteiger partial charge < -0.3 is 15.8 Å². The first-order valence-electron chi connectivity index (χ1n) is 8.05. The number of rotatable bonds is 6. The molecule has 2 aromatic heterocycles. The van der Waals surface area contributed by atoms with E-state index in [4.69, 9.17) is 10.5 Å². The van der Waals surface area contributed by atoms with Crippen molar-refractivity contribution in [2.45, 2.75) is 19.6 Å². The Kier molecular flexibility index (Phi) is 4.83. The van der Waals surface area contributed by atoms with Crippen LogP contribution in [0.4, 0.5) is 0 Å². The van der Waals surface area contributed by atoms with Gasteiger partial charge in [0.05, 0.1) is 11.2 Å². The molecule has 26 heavy (non-hydrogen) atoms. The fourth-order valence-corrected chi connectivity index (χ4v) is 2.51. The zero-order chi connectivity index (χ0) is 18.7. The van der Waals surface area contributed by atoms with Gasteiger partial charge in [0, 0.05) is 18.6 Å². The molecule has 1 atom stereocenters. The molecule has 3 aromatic rings. The molecule has 8 nitrogen and oxygen atoms in total. The van der Waals surface area contributed by atoms with Crippen LogP contribution >= 0.6 is 0 Å².